The number of carbonyl (C=O) groups is 3. The first-order valence-corrected chi connectivity index (χ1v) is 11.3. The zero-order valence-corrected chi connectivity index (χ0v) is 19.8. The number of halogens is 1. The second-order valence-corrected chi connectivity index (χ2v) is 9.11. The molecule has 2 heterocycles. The highest BCUT2D eigenvalue weighted by Gasteiger charge is 2.45. The predicted molar refractivity (Wildman–Crippen MR) is 128 cm³/mol. The minimum absolute atomic E-state index is 0.167. The number of nitrogens with one attached hydrogen (secondary N) is 2. The molecule has 2 N–H and O–H groups in total. The van der Waals surface area contributed by atoms with Crippen LogP contribution < -0.4 is 10.6 Å². The van der Waals surface area contributed by atoms with Crippen LogP contribution in [0.15, 0.2) is 59.8 Å². The lowest BCUT2D eigenvalue weighted by atomic mass is 9.95. The normalized spacial score (nSPS) is 19.0. The third-order valence-corrected chi connectivity index (χ3v) is 6.64. The maximum absolute atomic E-state index is 13.5. The van der Waals surface area contributed by atoms with Gasteiger partial charge in [0.25, 0.3) is 5.91 Å². The van der Waals surface area contributed by atoms with Crippen molar-refractivity contribution in [2.45, 2.75) is 38.8 Å². The summed E-state index contributed by atoms with van der Waals surface area (Å²) in [5.74, 6) is -0.191. The smallest absolute Gasteiger partial charge is 0.322 e. The minimum atomic E-state index is -0.733. The maximum atomic E-state index is 13.5. The van der Waals surface area contributed by atoms with Crippen molar-refractivity contribution in [3.05, 3.63) is 76.0 Å². The Balaban J connectivity index is 1.56. The molecule has 2 atom stereocenters. The predicted octanol–water partition coefficient (Wildman–Crippen LogP) is 4.28. The lowest BCUT2D eigenvalue weighted by Gasteiger charge is -2.31. The fourth-order valence-electron chi connectivity index (χ4n) is 4.18. The number of likely N-dealkylation sites (N-methyl/N-ethyl adjacent to an activating group) is 1. The van der Waals surface area contributed by atoms with Crippen LogP contribution in [-0.2, 0) is 9.59 Å². The summed E-state index contributed by atoms with van der Waals surface area (Å²) in [6, 6.07) is 13.1. The number of anilines is 1. The molecule has 0 saturated heterocycles. The van der Waals surface area contributed by atoms with E-state index in [1.807, 2.05) is 30.3 Å². The van der Waals surface area contributed by atoms with Gasteiger partial charge in [0.15, 0.2) is 0 Å². The molecule has 2 aliphatic rings. The van der Waals surface area contributed by atoms with Crippen LogP contribution in [0.1, 0.15) is 43.9 Å². The first kappa shape index (κ1) is 22.9. The van der Waals surface area contributed by atoms with Crippen LogP contribution in [0.3, 0.4) is 0 Å². The van der Waals surface area contributed by atoms with Crippen LogP contribution in [0.2, 0.25) is 5.02 Å². The van der Waals surface area contributed by atoms with Crippen molar-refractivity contribution >= 4 is 35.1 Å². The van der Waals surface area contributed by atoms with Gasteiger partial charge in [-0.3, -0.25) is 14.5 Å². The van der Waals surface area contributed by atoms with E-state index in [0.717, 1.165) is 0 Å². The largest absolute Gasteiger partial charge is 0.326 e. The molecular formula is C25H27ClN4O3. The Kier molecular flexibility index (Phi) is 6.17. The van der Waals surface area contributed by atoms with Gasteiger partial charge in [-0.15, -0.1) is 0 Å². The van der Waals surface area contributed by atoms with Crippen molar-refractivity contribution in [2.24, 2.45) is 0 Å². The number of rotatable bonds is 5. The SMILES string of the molecule is CC(C)c1ccc(NC(=O)C(C)N2CC3=C(C2=O)C(c2ccccc2Cl)NC(=O)N3C)cc1. The van der Waals surface area contributed by atoms with Gasteiger partial charge >= 0.3 is 6.03 Å². The Hall–Kier alpha value is -3.32. The second kappa shape index (κ2) is 8.90. The monoisotopic (exact) mass is 466 g/mol. The maximum Gasteiger partial charge on any atom is 0.322 e. The van der Waals surface area contributed by atoms with Gasteiger partial charge < -0.3 is 15.5 Å². The quantitative estimate of drug-likeness (QED) is 0.689. The average molecular weight is 467 g/mol. The minimum Gasteiger partial charge on any atom is -0.326 e. The fourth-order valence-corrected chi connectivity index (χ4v) is 4.43. The van der Waals surface area contributed by atoms with Crippen LogP contribution in [0, 0.1) is 0 Å². The van der Waals surface area contributed by atoms with Gasteiger partial charge in [-0.2, -0.15) is 0 Å². The summed E-state index contributed by atoms with van der Waals surface area (Å²) in [6.07, 6.45) is 0. The van der Waals surface area contributed by atoms with Gasteiger partial charge in [0.05, 0.1) is 23.9 Å². The Bertz CT molecular complexity index is 1140. The molecule has 0 aromatic heterocycles. The highest BCUT2D eigenvalue weighted by Crippen LogP contribution is 2.38. The zero-order chi connectivity index (χ0) is 23.9. The third kappa shape index (κ3) is 4.20. The van der Waals surface area contributed by atoms with Crippen LogP contribution in [0.4, 0.5) is 10.5 Å². The molecule has 4 amide bonds. The topological polar surface area (TPSA) is 81.8 Å². The van der Waals surface area contributed by atoms with E-state index in [9.17, 15) is 14.4 Å². The molecule has 2 aliphatic heterocycles. The van der Waals surface area contributed by atoms with Crippen molar-refractivity contribution in [2.75, 3.05) is 18.9 Å². The Labute approximate surface area is 198 Å². The number of carbonyl (C=O) groups excluding carboxylic acids is 3. The number of hydrogen-bond acceptors (Lipinski definition) is 3. The summed E-state index contributed by atoms with van der Waals surface area (Å²) in [5, 5.41) is 6.21. The van der Waals surface area contributed by atoms with Crippen molar-refractivity contribution < 1.29 is 14.4 Å². The first-order valence-electron chi connectivity index (χ1n) is 10.9. The lowest BCUT2D eigenvalue weighted by Crippen LogP contribution is -2.45. The molecule has 172 valence electrons. The highest BCUT2D eigenvalue weighted by molar-refractivity contribution is 6.31. The summed E-state index contributed by atoms with van der Waals surface area (Å²) in [4.78, 5) is 42.0. The molecule has 8 heteroatoms. The van der Waals surface area contributed by atoms with Crippen LogP contribution in [-0.4, -0.2) is 47.3 Å². The molecule has 0 bridgehead atoms. The van der Waals surface area contributed by atoms with Gasteiger partial charge in [-0.25, -0.2) is 4.79 Å². The molecule has 33 heavy (non-hydrogen) atoms. The number of urea groups is 1. The molecule has 2 unspecified atom stereocenters. The van der Waals surface area contributed by atoms with E-state index in [-0.39, 0.29) is 24.4 Å². The Morgan fingerprint density at radius 1 is 1.09 bits per heavy atom. The van der Waals surface area contributed by atoms with Crippen molar-refractivity contribution in [3.63, 3.8) is 0 Å². The summed E-state index contributed by atoms with van der Waals surface area (Å²) < 4.78 is 0. The number of nitrogens with zero attached hydrogens (tertiary/aromatic N) is 2. The van der Waals surface area contributed by atoms with E-state index in [1.165, 1.54) is 15.4 Å². The fraction of sp³-hybridized carbons (Fsp3) is 0.320. The van der Waals surface area contributed by atoms with E-state index in [0.29, 0.717) is 33.5 Å². The van der Waals surface area contributed by atoms with Crippen LogP contribution in [0.5, 0.6) is 0 Å². The molecule has 0 spiro atoms. The van der Waals surface area contributed by atoms with Gasteiger partial charge in [0.1, 0.15) is 6.04 Å². The number of hydrogen-bond donors (Lipinski definition) is 2. The molecule has 0 aliphatic carbocycles. The first-order chi connectivity index (χ1) is 15.7. The summed E-state index contributed by atoms with van der Waals surface area (Å²) in [5.41, 5.74) is 3.51. The lowest BCUT2D eigenvalue weighted by molar-refractivity contribution is -0.133. The van der Waals surface area contributed by atoms with Gasteiger partial charge in [0, 0.05) is 17.8 Å². The zero-order valence-electron chi connectivity index (χ0n) is 19.1. The molecule has 0 saturated carbocycles. The average Bonchev–Trinajstić information content (AvgIpc) is 3.14. The van der Waals surface area contributed by atoms with E-state index in [1.54, 1.807) is 32.2 Å². The molecule has 0 fully saturated rings. The summed E-state index contributed by atoms with van der Waals surface area (Å²) >= 11 is 6.37. The molecule has 2 aromatic rings. The third-order valence-electron chi connectivity index (χ3n) is 6.30. The molecule has 7 nitrogen and oxygen atoms in total. The summed E-state index contributed by atoms with van der Waals surface area (Å²) in [7, 11) is 1.62. The van der Waals surface area contributed by atoms with Crippen LogP contribution >= 0.6 is 11.6 Å². The van der Waals surface area contributed by atoms with Gasteiger partial charge in [0.2, 0.25) is 5.91 Å². The highest BCUT2D eigenvalue weighted by atomic mass is 35.5. The molecule has 2 aromatic carbocycles. The number of benzene rings is 2. The summed E-state index contributed by atoms with van der Waals surface area (Å²) in [6.45, 7) is 6.07. The van der Waals surface area contributed by atoms with Crippen LogP contribution in [0.25, 0.3) is 0 Å². The molecular weight excluding hydrogens is 440 g/mol. The van der Waals surface area contributed by atoms with Crippen molar-refractivity contribution in [1.82, 2.24) is 15.1 Å². The van der Waals surface area contributed by atoms with E-state index in [4.69, 9.17) is 11.6 Å². The Morgan fingerprint density at radius 3 is 2.39 bits per heavy atom. The second-order valence-electron chi connectivity index (χ2n) is 8.70. The Morgan fingerprint density at radius 2 is 1.76 bits per heavy atom. The van der Waals surface area contributed by atoms with Gasteiger partial charge in [-0.1, -0.05) is 55.8 Å². The molecule has 0 radical (unpaired) electrons. The van der Waals surface area contributed by atoms with E-state index < -0.39 is 12.1 Å². The van der Waals surface area contributed by atoms with Gasteiger partial charge in [-0.05, 0) is 42.2 Å². The van der Waals surface area contributed by atoms with Crippen molar-refractivity contribution in [1.29, 1.82) is 0 Å². The molecule has 4 rings (SSSR count). The standard InChI is InChI=1S/C25H27ClN4O3/c1-14(2)16-9-11-17(12-10-16)27-23(31)15(3)30-13-20-21(24(30)32)22(28-25(33)29(20)4)18-7-5-6-8-19(18)26/h5-12,14-15,22H,13H2,1-4H3,(H,27,31)(H,28,33). The van der Waals surface area contributed by atoms with E-state index >= 15 is 0 Å². The number of amides is 4. The van der Waals surface area contributed by atoms with E-state index in [2.05, 4.69) is 24.5 Å². The van der Waals surface area contributed by atoms with Crippen molar-refractivity contribution in [3.8, 4) is 0 Å².